The summed E-state index contributed by atoms with van der Waals surface area (Å²) in [6.07, 6.45) is 1.11. The third-order valence-electron chi connectivity index (χ3n) is 4.97. The van der Waals surface area contributed by atoms with Crippen molar-refractivity contribution >= 4 is 21.6 Å². The fourth-order valence-electron chi connectivity index (χ4n) is 3.63. The van der Waals surface area contributed by atoms with Gasteiger partial charge in [0.05, 0.1) is 18.0 Å². The van der Waals surface area contributed by atoms with Gasteiger partial charge in [-0.1, -0.05) is 12.1 Å². The molecule has 1 N–H and O–H groups in total. The zero-order valence-electron chi connectivity index (χ0n) is 17.9. The molecule has 0 aromatic heterocycles. The molecular weight excluding hydrogens is 404 g/mol. The summed E-state index contributed by atoms with van der Waals surface area (Å²) in [5.41, 5.74) is 3.17. The Balaban J connectivity index is 1.81. The van der Waals surface area contributed by atoms with Crippen LogP contribution in [-0.4, -0.2) is 39.8 Å². The molecule has 1 aliphatic heterocycles. The van der Waals surface area contributed by atoms with Crippen molar-refractivity contribution in [3.8, 4) is 11.5 Å². The average Bonchev–Trinajstić information content (AvgIpc) is 2.65. The summed E-state index contributed by atoms with van der Waals surface area (Å²) >= 11 is 0. The normalized spacial score (nSPS) is 15.2. The Hall–Kier alpha value is -2.74. The molecule has 0 fully saturated rings. The van der Waals surface area contributed by atoms with E-state index in [0.717, 1.165) is 22.9 Å². The Bertz CT molecular complexity index is 1030. The molecule has 3 rings (SSSR count). The van der Waals surface area contributed by atoms with Crippen LogP contribution in [0.4, 0.5) is 5.69 Å². The maximum absolute atomic E-state index is 13.0. The van der Waals surface area contributed by atoms with Crippen LogP contribution in [0.1, 0.15) is 36.6 Å². The van der Waals surface area contributed by atoms with Gasteiger partial charge in [0.2, 0.25) is 15.9 Å². The monoisotopic (exact) mass is 432 g/mol. The number of nitrogens with one attached hydrogen (secondary N) is 1. The first kappa shape index (κ1) is 22.0. The fourth-order valence-corrected chi connectivity index (χ4v) is 4.79. The van der Waals surface area contributed by atoms with E-state index in [4.69, 9.17) is 9.47 Å². The molecule has 7 nitrogen and oxygen atoms in total. The zero-order chi connectivity index (χ0) is 22.1. The molecule has 0 unspecified atom stereocenters. The first-order valence-electron chi connectivity index (χ1n) is 9.84. The molecule has 0 saturated heterocycles. The standard InChI is InChI=1S/C22H28N2O5S/c1-14-10-15(2)12-19(11-14)24(30(5,26)27)17(4)22(25)23-16(3)18-6-7-20-21(13-18)29-9-8-28-20/h6-7,10-13,16-17H,8-9H2,1-5H3,(H,23,25)/t16-,17-/m1/s1. The summed E-state index contributed by atoms with van der Waals surface area (Å²) < 4.78 is 37.4. The highest BCUT2D eigenvalue weighted by molar-refractivity contribution is 7.92. The van der Waals surface area contributed by atoms with Gasteiger partial charge in [-0.3, -0.25) is 9.10 Å². The van der Waals surface area contributed by atoms with Gasteiger partial charge < -0.3 is 14.8 Å². The van der Waals surface area contributed by atoms with Crippen molar-refractivity contribution in [3.63, 3.8) is 0 Å². The van der Waals surface area contributed by atoms with Crippen LogP contribution < -0.4 is 19.1 Å². The maximum atomic E-state index is 13.0. The zero-order valence-corrected chi connectivity index (χ0v) is 18.7. The number of amides is 1. The number of rotatable bonds is 6. The molecule has 2 aromatic rings. The molecule has 2 atom stereocenters. The van der Waals surface area contributed by atoms with Gasteiger partial charge in [0, 0.05) is 0 Å². The van der Waals surface area contributed by atoms with Gasteiger partial charge in [-0.05, 0) is 68.7 Å². The Kier molecular flexibility index (Phi) is 6.26. The predicted octanol–water partition coefficient (Wildman–Crippen LogP) is 3.11. The molecule has 8 heteroatoms. The summed E-state index contributed by atoms with van der Waals surface area (Å²) in [5, 5.41) is 2.91. The second-order valence-electron chi connectivity index (χ2n) is 7.71. The summed E-state index contributed by atoms with van der Waals surface area (Å²) in [4.78, 5) is 13.0. The number of hydrogen-bond acceptors (Lipinski definition) is 5. The van der Waals surface area contributed by atoms with Crippen molar-refractivity contribution in [3.05, 3.63) is 53.1 Å². The number of hydrogen-bond donors (Lipinski definition) is 1. The third-order valence-corrected chi connectivity index (χ3v) is 6.22. The number of anilines is 1. The lowest BCUT2D eigenvalue weighted by Crippen LogP contribution is -2.48. The van der Waals surface area contributed by atoms with E-state index in [-0.39, 0.29) is 11.9 Å². The van der Waals surface area contributed by atoms with Gasteiger partial charge in [0.15, 0.2) is 11.5 Å². The van der Waals surface area contributed by atoms with E-state index in [1.54, 1.807) is 19.1 Å². The highest BCUT2D eigenvalue weighted by Gasteiger charge is 2.30. The van der Waals surface area contributed by atoms with Crippen LogP contribution in [0.2, 0.25) is 0 Å². The molecule has 0 spiro atoms. The lowest BCUT2D eigenvalue weighted by molar-refractivity contribution is -0.122. The lowest BCUT2D eigenvalue weighted by Gasteiger charge is -2.30. The Morgan fingerprint density at radius 1 is 1.00 bits per heavy atom. The highest BCUT2D eigenvalue weighted by Crippen LogP contribution is 2.32. The summed E-state index contributed by atoms with van der Waals surface area (Å²) in [6, 6.07) is 9.75. The highest BCUT2D eigenvalue weighted by atomic mass is 32.2. The van der Waals surface area contributed by atoms with Crippen LogP contribution in [0, 0.1) is 13.8 Å². The molecule has 0 radical (unpaired) electrons. The van der Waals surface area contributed by atoms with E-state index in [1.165, 1.54) is 4.31 Å². The molecule has 0 saturated carbocycles. The van der Waals surface area contributed by atoms with Gasteiger partial charge >= 0.3 is 0 Å². The van der Waals surface area contributed by atoms with Crippen molar-refractivity contribution in [1.82, 2.24) is 5.32 Å². The van der Waals surface area contributed by atoms with Crippen molar-refractivity contribution < 1.29 is 22.7 Å². The van der Waals surface area contributed by atoms with Gasteiger partial charge in [-0.2, -0.15) is 0 Å². The molecule has 30 heavy (non-hydrogen) atoms. The summed E-state index contributed by atoms with van der Waals surface area (Å²) in [7, 11) is -3.67. The van der Waals surface area contributed by atoms with Crippen LogP contribution in [0.25, 0.3) is 0 Å². The van der Waals surface area contributed by atoms with E-state index in [0.29, 0.717) is 30.4 Å². The van der Waals surface area contributed by atoms with Gasteiger partial charge in [0.25, 0.3) is 0 Å². The van der Waals surface area contributed by atoms with Crippen LogP contribution in [0.15, 0.2) is 36.4 Å². The molecular formula is C22H28N2O5S. The van der Waals surface area contributed by atoms with E-state index in [1.807, 2.05) is 45.0 Å². The van der Waals surface area contributed by atoms with E-state index < -0.39 is 16.1 Å². The molecule has 1 aliphatic rings. The quantitative estimate of drug-likeness (QED) is 0.758. The van der Waals surface area contributed by atoms with Crippen LogP contribution in [0.5, 0.6) is 11.5 Å². The maximum Gasteiger partial charge on any atom is 0.244 e. The van der Waals surface area contributed by atoms with Crippen molar-refractivity contribution in [2.24, 2.45) is 0 Å². The van der Waals surface area contributed by atoms with Gasteiger partial charge in [-0.25, -0.2) is 8.42 Å². The second-order valence-corrected chi connectivity index (χ2v) is 9.57. The molecule has 0 aliphatic carbocycles. The number of carbonyl (C=O) groups is 1. The SMILES string of the molecule is Cc1cc(C)cc(N([C@H](C)C(=O)N[C@H](C)c2ccc3c(c2)OCCO3)S(C)(=O)=O)c1. The number of benzene rings is 2. The molecule has 2 aromatic carbocycles. The average molecular weight is 433 g/mol. The van der Waals surface area contributed by atoms with E-state index >= 15 is 0 Å². The minimum absolute atomic E-state index is 0.337. The largest absolute Gasteiger partial charge is 0.486 e. The van der Waals surface area contributed by atoms with Gasteiger partial charge in [-0.15, -0.1) is 0 Å². The Morgan fingerprint density at radius 2 is 1.60 bits per heavy atom. The number of nitrogens with zero attached hydrogens (tertiary/aromatic N) is 1. The smallest absolute Gasteiger partial charge is 0.244 e. The Labute approximate surface area is 178 Å². The molecule has 1 amide bonds. The van der Waals surface area contributed by atoms with Crippen LogP contribution >= 0.6 is 0 Å². The molecule has 0 bridgehead atoms. The minimum Gasteiger partial charge on any atom is -0.486 e. The van der Waals surface area contributed by atoms with Crippen LogP contribution in [0.3, 0.4) is 0 Å². The number of ether oxygens (including phenoxy) is 2. The molecule has 1 heterocycles. The first-order valence-corrected chi connectivity index (χ1v) is 11.7. The van der Waals surface area contributed by atoms with Crippen LogP contribution in [-0.2, 0) is 14.8 Å². The number of aryl methyl sites for hydroxylation is 2. The van der Waals surface area contributed by atoms with Crippen molar-refractivity contribution in [1.29, 1.82) is 0 Å². The van der Waals surface area contributed by atoms with E-state index in [9.17, 15) is 13.2 Å². The Morgan fingerprint density at radius 3 is 2.20 bits per heavy atom. The summed E-state index contributed by atoms with van der Waals surface area (Å²) in [6.45, 7) is 8.21. The van der Waals surface area contributed by atoms with Crippen molar-refractivity contribution in [2.45, 2.75) is 39.8 Å². The lowest BCUT2D eigenvalue weighted by atomic mass is 10.1. The van der Waals surface area contributed by atoms with Crippen molar-refractivity contribution in [2.75, 3.05) is 23.8 Å². The minimum atomic E-state index is -3.67. The summed E-state index contributed by atoms with van der Waals surface area (Å²) in [5.74, 6) is 0.929. The topological polar surface area (TPSA) is 84.9 Å². The third kappa shape index (κ3) is 4.87. The fraction of sp³-hybridized carbons (Fsp3) is 0.409. The molecule has 162 valence electrons. The number of fused-ring (bicyclic) bond motifs is 1. The first-order chi connectivity index (χ1) is 14.1. The van der Waals surface area contributed by atoms with Gasteiger partial charge in [0.1, 0.15) is 19.3 Å². The number of sulfonamides is 1. The second kappa shape index (κ2) is 8.55. The van der Waals surface area contributed by atoms with E-state index in [2.05, 4.69) is 5.32 Å². The predicted molar refractivity (Wildman–Crippen MR) is 117 cm³/mol. The number of carbonyl (C=O) groups excluding carboxylic acids is 1.